The molecule has 0 radical (unpaired) electrons. The number of thioether (sulfide) groups is 10. The van der Waals surface area contributed by atoms with Crippen molar-refractivity contribution in [3.8, 4) is 0 Å². The molecular weight excluding hydrogens is 541 g/mol. The van der Waals surface area contributed by atoms with Gasteiger partial charge in [-0.05, 0) is 11.5 Å². The minimum absolute atomic E-state index is 1.04. The van der Waals surface area contributed by atoms with Gasteiger partial charge in [-0.25, -0.2) is 9.97 Å². The van der Waals surface area contributed by atoms with E-state index >= 15 is 0 Å². The maximum atomic E-state index is 4.44. The molecule has 146 valence electrons. The van der Waals surface area contributed by atoms with E-state index in [0.717, 1.165) is 21.6 Å². The van der Waals surface area contributed by atoms with Crippen LogP contribution in [0, 0.1) is 0 Å². The highest BCUT2D eigenvalue weighted by atomic mass is 32.3. The third-order valence-corrected chi connectivity index (χ3v) is 17.7. The van der Waals surface area contributed by atoms with Gasteiger partial charge in [-0.3, -0.25) is 0 Å². The summed E-state index contributed by atoms with van der Waals surface area (Å²) in [5, 5.41) is 2.08. The van der Waals surface area contributed by atoms with Crippen LogP contribution in [0.4, 0.5) is 0 Å². The van der Waals surface area contributed by atoms with Gasteiger partial charge in [0.05, 0.1) is 33.9 Å². The maximum absolute atomic E-state index is 4.44. The number of aromatic nitrogens is 2. The Kier molecular flexibility index (Phi) is 7.32. The average molecular weight is 553 g/mol. The number of fused-ring (bicyclic) bond motifs is 1. The Morgan fingerprint density at radius 1 is 0.571 bits per heavy atom. The lowest BCUT2D eigenvalue weighted by atomic mass is 10.8. The van der Waals surface area contributed by atoms with Gasteiger partial charge in [0, 0.05) is 12.4 Å². The van der Waals surface area contributed by atoms with Crippen LogP contribution in [0.3, 0.4) is 0 Å². The van der Waals surface area contributed by atoms with E-state index in [-0.39, 0.29) is 0 Å². The van der Waals surface area contributed by atoms with Gasteiger partial charge >= 0.3 is 0 Å². The summed E-state index contributed by atoms with van der Waals surface area (Å²) < 4.78 is 11.5. The third-order valence-electron chi connectivity index (χ3n) is 3.34. The molecule has 0 amide bonds. The van der Waals surface area contributed by atoms with Gasteiger partial charge in [-0.1, -0.05) is 108 Å². The van der Waals surface area contributed by atoms with Gasteiger partial charge in [0.1, 0.15) is 10.1 Å². The summed E-state index contributed by atoms with van der Waals surface area (Å²) in [5.74, 6) is 2.27. The predicted molar refractivity (Wildman–Crippen MR) is 144 cm³/mol. The molecule has 0 N–H and O–H groups in total. The van der Waals surface area contributed by atoms with Gasteiger partial charge in [0.15, 0.2) is 0 Å². The molecule has 0 atom stereocenters. The number of nitrogens with zero attached hydrogens (tertiary/aromatic N) is 2. The number of hydrogen-bond acceptors (Lipinski definition) is 12. The van der Waals surface area contributed by atoms with E-state index in [9.17, 15) is 0 Å². The largest absolute Gasteiger partial charge is 0.245 e. The smallest absolute Gasteiger partial charge is 0.134 e. The van der Waals surface area contributed by atoms with Crippen LogP contribution in [0.15, 0.2) is 56.3 Å². The standard InChI is InChI=1S/C16H12N2S10/c1-3-19-9-10(20-4-2)24-13(23-9)14-27-15-16(28-14)26-12(25-15)11-21-7-8(22-11)18-6-5-17-7/h5-6H,3-4H2,1-2H3. The van der Waals surface area contributed by atoms with Crippen molar-refractivity contribution in [2.24, 2.45) is 0 Å². The Bertz CT molecular complexity index is 895. The lowest BCUT2D eigenvalue weighted by molar-refractivity contribution is 0.930. The van der Waals surface area contributed by atoms with Crippen molar-refractivity contribution < 1.29 is 0 Å². The van der Waals surface area contributed by atoms with Gasteiger partial charge in [-0.15, -0.1) is 23.5 Å². The van der Waals surface area contributed by atoms with Crippen LogP contribution < -0.4 is 0 Å². The Labute approximate surface area is 207 Å². The highest BCUT2D eigenvalue weighted by Gasteiger charge is 2.37. The molecule has 0 bridgehead atoms. The van der Waals surface area contributed by atoms with E-state index in [1.165, 1.54) is 33.9 Å². The van der Waals surface area contributed by atoms with Gasteiger partial charge in [0.2, 0.25) is 0 Å². The molecule has 0 fully saturated rings. The zero-order valence-electron chi connectivity index (χ0n) is 14.5. The van der Waals surface area contributed by atoms with Crippen molar-refractivity contribution in [3.63, 3.8) is 0 Å². The summed E-state index contributed by atoms with van der Waals surface area (Å²) >= 11 is 19.2. The first-order valence-electron chi connectivity index (χ1n) is 8.21. The van der Waals surface area contributed by atoms with Crippen LogP contribution >= 0.6 is 118 Å². The fourth-order valence-corrected chi connectivity index (χ4v) is 17.1. The summed E-state index contributed by atoms with van der Waals surface area (Å²) in [6, 6.07) is 0. The molecule has 0 aliphatic carbocycles. The highest BCUT2D eigenvalue weighted by Crippen LogP contribution is 2.72. The average Bonchev–Trinajstić information content (AvgIpc) is 3.43. The molecule has 0 saturated heterocycles. The Morgan fingerprint density at radius 3 is 1.32 bits per heavy atom. The predicted octanol–water partition coefficient (Wildman–Crippen LogP) is 9.13. The van der Waals surface area contributed by atoms with E-state index in [1.54, 1.807) is 35.9 Å². The van der Waals surface area contributed by atoms with E-state index in [4.69, 9.17) is 0 Å². The minimum Gasteiger partial charge on any atom is -0.245 e. The van der Waals surface area contributed by atoms with Gasteiger partial charge in [-0.2, -0.15) is 0 Å². The van der Waals surface area contributed by atoms with E-state index < -0.39 is 0 Å². The molecule has 4 aliphatic heterocycles. The topological polar surface area (TPSA) is 25.8 Å². The summed E-state index contributed by atoms with van der Waals surface area (Å²) in [5.41, 5.74) is 0. The molecule has 0 spiro atoms. The summed E-state index contributed by atoms with van der Waals surface area (Å²) in [6.07, 6.45) is 3.55. The van der Waals surface area contributed by atoms with Crippen molar-refractivity contribution in [2.45, 2.75) is 23.9 Å². The molecule has 0 saturated carbocycles. The lowest BCUT2D eigenvalue weighted by Gasteiger charge is -2.06. The zero-order chi connectivity index (χ0) is 19.1. The first kappa shape index (κ1) is 21.4. The molecule has 2 nitrogen and oxygen atoms in total. The fraction of sp³-hybridized carbons (Fsp3) is 0.250. The van der Waals surface area contributed by atoms with Crippen LogP contribution in [-0.4, -0.2) is 21.5 Å². The number of hydrogen-bond donors (Lipinski definition) is 0. The minimum atomic E-state index is 1.04. The Morgan fingerprint density at radius 2 is 0.929 bits per heavy atom. The van der Waals surface area contributed by atoms with E-state index in [1.807, 2.05) is 94.1 Å². The number of rotatable bonds is 4. The van der Waals surface area contributed by atoms with Crippen molar-refractivity contribution in [2.75, 3.05) is 11.5 Å². The van der Waals surface area contributed by atoms with Crippen molar-refractivity contribution in [1.29, 1.82) is 0 Å². The Balaban J connectivity index is 1.27. The van der Waals surface area contributed by atoms with E-state index in [0.29, 0.717) is 0 Å². The quantitative estimate of drug-likeness (QED) is 0.356. The summed E-state index contributed by atoms with van der Waals surface area (Å²) in [6.45, 7) is 4.48. The third kappa shape index (κ3) is 4.38. The van der Waals surface area contributed by atoms with Crippen LogP contribution in [-0.2, 0) is 0 Å². The van der Waals surface area contributed by atoms with E-state index in [2.05, 4.69) is 23.8 Å². The van der Waals surface area contributed by atoms with Crippen LogP contribution in [0.1, 0.15) is 13.8 Å². The molecule has 4 aliphatic rings. The second-order valence-electron chi connectivity index (χ2n) is 5.15. The van der Waals surface area contributed by atoms with Gasteiger partial charge in [0.25, 0.3) is 0 Å². The first-order valence-corrected chi connectivity index (χ1v) is 16.7. The molecule has 12 heteroatoms. The lowest BCUT2D eigenvalue weighted by Crippen LogP contribution is -1.79. The highest BCUT2D eigenvalue weighted by molar-refractivity contribution is 8.50. The normalized spacial score (nSPS) is 21.5. The van der Waals surface area contributed by atoms with Crippen LogP contribution in [0.25, 0.3) is 0 Å². The molecule has 5 heterocycles. The molecule has 0 unspecified atom stereocenters. The zero-order valence-corrected chi connectivity index (χ0v) is 22.7. The molecule has 1 aromatic heterocycles. The van der Waals surface area contributed by atoms with Crippen molar-refractivity contribution in [3.05, 3.63) is 46.3 Å². The van der Waals surface area contributed by atoms with Crippen LogP contribution in [0.2, 0.25) is 0 Å². The monoisotopic (exact) mass is 552 g/mol. The molecule has 0 aromatic carbocycles. The summed E-state index contributed by atoms with van der Waals surface area (Å²) in [4.78, 5) is 8.89. The second kappa shape index (κ2) is 9.58. The molecular formula is C16H12N2S10. The SMILES string of the molecule is CCSC1=C(SCC)SC(=C2SC3=C(S2)SC(=C2Sc4nccnc4S2)S3)S1. The van der Waals surface area contributed by atoms with Crippen molar-refractivity contribution >= 4 is 118 Å². The van der Waals surface area contributed by atoms with Gasteiger partial charge < -0.3 is 0 Å². The second-order valence-corrected chi connectivity index (χ2v) is 17.9. The maximum Gasteiger partial charge on any atom is 0.134 e. The molecule has 28 heavy (non-hydrogen) atoms. The fourth-order valence-electron chi connectivity index (χ4n) is 2.28. The van der Waals surface area contributed by atoms with Crippen molar-refractivity contribution in [1.82, 2.24) is 9.97 Å². The Hall–Kier alpha value is 1.54. The first-order chi connectivity index (χ1) is 13.7. The molecule has 5 rings (SSSR count). The summed E-state index contributed by atoms with van der Waals surface area (Å²) in [7, 11) is 0. The van der Waals surface area contributed by atoms with Crippen LogP contribution in [0.5, 0.6) is 0 Å². The molecule has 1 aromatic rings.